The monoisotopic (exact) mass is 267 g/mol. The second kappa shape index (κ2) is 4.47. The zero-order valence-electron chi connectivity index (χ0n) is 9.09. The summed E-state index contributed by atoms with van der Waals surface area (Å²) in [7, 11) is 1.51. The molecule has 1 aromatic heterocycles. The van der Waals surface area contributed by atoms with Gasteiger partial charge in [0.1, 0.15) is 4.90 Å². The van der Waals surface area contributed by atoms with Gasteiger partial charge >= 0.3 is 0 Å². The van der Waals surface area contributed by atoms with Crippen LogP contribution < -0.4 is 0 Å². The summed E-state index contributed by atoms with van der Waals surface area (Å²) in [6.07, 6.45) is 1.26. The van der Waals surface area contributed by atoms with Crippen molar-refractivity contribution >= 4 is 19.7 Å². The van der Waals surface area contributed by atoms with E-state index in [1.807, 2.05) is 31.2 Å². The standard InChI is InChI=1S/C12H10ClNO2S/c1-9-3-2-4-10(7-9)12-6-5-11(8-14-12)17(13,15)16/h2-8H,1H3. The van der Waals surface area contributed by atoms with Crippen molar-refractivity contribution in [3.8, 4) is 11.3 Å². The van der Waals surface area contributed by atoms with Crippen LogP contribution >= 0.6 is 10.7 Å². The van der Waals surface area contributed by atoms with Gasteiger partial charge in [-0.1, -0.05) is 23.8 Å². The first kappa shape index (κ1) is 12.1. The first-order chi connectivity index (χ1) is 7.97. The predicted octanol–water partition coefficient (Wildman–Crippen LogP) is 2.98. The minimum Gasteiger partial charge on any atom is -0.255 e. The van der Waals surface area contributed by atoms with E-state index in [9.17, 15) is 8.42 Å². The molecule has 17 heavy (non-hydrogen) atoms. The maximum absolute atomic E-state index is 11.1. The lowest BCUT2D eigenvalue weighted by molar-refractivity contribution is 0.609. The van der Waals surface area contributed by atoms with Gasteiger partial charge in [0.2, 0.25) is 0 Å². The van der Waals surface area contributed by atoms with Crippen LogP contribution in [0.5, 0.6) is 0 Å². The van der Waals surface area contributed by atoms with Crippen molar-refractivity contribution in [3.63, 3.8) is 0 Å². The zero-order valence-corrected chi connectivity index (χ0v) is 10.7. The summed E-state index contributed by atoms with van der Waals surface area (Å²) in [5.41, 5.74) is 2.79. The molecule has 1 aromatic carbocycles. The summed E-state index contributed by atoms with van der Waals surface area (Å²) in [5.74, 6) is 0. The molecule has 5 heteroatoms. The lowest BCUT2D eigenvalue weighted by Gasteiger charge is -2.02. The molecule has 0 aliphatic rings. The number of pyridine rings is 1. The van der Waals surface area contributed by atoms with Gasteiger partial charge in [0.25, 0.3) is 9.05 Å². The van der Waals surface area contributed by atoms with E-state index >= 15 is 0 Å². The third kappa shape index (κ3) is 2.84. The number of aromatic nitrogens is 1. The second-order valence-corrected chi connectivity index (χ2v) is 6.25. The molecule has 0 fully saturated rings. The number of hydrogen-bond donors (Lipinski definition) is 0. The van der Waals surface area contributed by atoms with Gasteiger partial charge in [-0.15, -0.1) is 0 Å². The lowest BCUT2D eigenvalue weighted by atomic mass is 10.1. The van der Waals surface area contributed by atoms with Crippen molar-refractivity contribution in [3.05, 3.63) is 48.2 Å². The van der Waals surface area contributed by atoms with Crippen LogP contribution in [0.25, 0.3) is 11.3 Å². The Balaban J connectivity index is 2.43. The lowest BCUT2D eigenvalue weighted by Crippen LogP contribution is -1.92. The van der Waals surface area contributed by atoms with Crippen LogP contribution in [0.2, 0.25) is 0 Å². The highest BCUT2D eigenvalue weighted by Crippen LogP contribution is 2.20. The quantitative estimate of drug-likeness (QED) is 0.786. The first-order valence-electron chi connectivity index (χ1n) is 4.94. The maximum Gasteiger partial charge on any atom is 0.262 e. The molecule has 0 N–H and O–H groups in total. The van der Waals surface area contributed by atoms with E-state index in [1.165, 1.54) is 12.3 Å². The molecule has 0 bridgehead atoms. The highest BCUT2D eigenvalue weighted by Gasteiger charge is 2.10. The van der Waals surface area contributed by atoms with Crippen molar-refractivity contribution < 1.29 is 8.42 Å². The highest BCUT2D eigenvalue weighted by molar-refractivity contribution is 8.13. The number of hydrogen-bond acceptors (Lipinski definition) is 3. The molecule has 2 rings (SSSR count). The molecule has 88 valence electrons. The average Bonchev–Trinajstić information content (AvgIpc) is 2.28. The van der Waals surface area contributed by atoms with Gasteiger partial charge in [-0.05, 0) is 25.1 Å². The zero-order chi connectivity index (χ0) is 12.5. The normalized spacial score (nSPS) is 11.4. The van der Waals surface area contributed by atoms with E-state index in [1.54, 1.807) is 6.07 Å². The molecular weight excluding hydrogens is 258 g/mol. The predicted molar refractivity (Wildman–Crippen MR) is 67.4 cm³/mol. The van der Waals surface area contributed by atoms with E-state index in [4.69, 9.17) is 10.7 Å². The molecule has 0 saturated heterocycles. The van der Waals surface area contributed by atoms with Crippen molar-refractivity contribution in [1.82, 2.24) is 4.98 Å². The van der Waals surface area contributed by atoms with E-state index in [-0.39, 0.29) is 4.90 Å². The van der Waals surface area contributed by atoms with Crippen LogP contribution in [-0.4, -0.2) is 13.4 Å². The Morgan fingerprint density at radius 3 is 2.47 bits per heavy atom. The fraction of sp³-hybridized carbons (Fsp3) is 0.0833. The van der Waals surface area contributed by atoms with Gasteiger partial charge in [0.05, 0.1) is 5.69 Å². The Morgan fingerprint density at radius 1 is 1.18 bits per heavy atom. The summed E-state index contributed by atoms with van der Waals surface area (Å²) in [5, 5.41) is 0. The topological polar surface area (TPSA) is 47.0 Å². The number of benzene rings is 1. The summed E-state index contributed by atoms with van der Waals surface area (Å²) < 4.78 is 22.1. The molecule has 0 radical (unpaired) electrons. The molecule has 0 spiro atoms. The average molecular weight is 268 g/mol. The van der Waals surface area contributed by atoms with Gasteiger partial charge in [0, 0.05) is 22.4 Å². The Bertz CT molecular complexity index is 636. The minimum absolute atomic E-state index is 0.00979. The summed E-state index contributed by atoms with van der Waals surface area (Å²) in [6, 6.07) is 10.9. The van der Waals surface area contributed by atoms with E-state index < -0.39 is 9.05 Å². The minimum atomic E-state index is -3.70. The van der Waals surface area contributed by atoms with Crippen LogP contribution in [0.15, 0.2) is 47.5 Å². The fourth-order valence-corrected chi connectivity index (χ4v) is 2.18. The van der Waals surface area contributed by atoms with Crippen LogP contribution in [-0.2, 0) is 9.05 Å². The van der Waals surface area contributed by atoms with Crippen LogP contribution in [0.1, 0.15) is 5.56 Å². The SMILES string of the molecule is Cc1cccc(-c2ccc(S(=O)(=O)Cl)cn2)c1. The molecule has 0 saturated carbocycles. The first-order valence-corrected chi connectivity index (χ1v) is 7.25. The van der Waals surface area contributed by atoms with E-state index in [2.05, 4.69) is 4.98 Å². The molecule has 0 unspecified atom stereocenters. The van der Waals surface area contributed by atoms with Gasteiger partial charge in [-0.2, -0.15) is 0 Å². The number of aryl methyl sites for hydroxylation is 1. The third-order valence-corrected chi connectivity index (χ3v) is 3.67. The molecule has 0 atom stereocenters. The Kier molecular flexibility index (Phi) is 3.17. The smallest absolute Gasteiger partial charge is 0.255 e. The largest absolute Gasteiger partial charge is 0.262 e. The Hall–Kier alpha value is -1.39. The molecule has 1 heterocycles. The number of rotatable bonds is 2. The van der Waals surface area contributed by atoms with Crippen LogP contribution in [0, 0.1) is 6.92 Å². The molecule has 0 amide bonds. The molecular formula is C12H10ClNO2S. The highest BCUT2D eigenvalue weighted by atomic mass is 35.7. The summed E-state index contributed by atoms with van der Waals surface area (Å²) in [6.45, 7) is 1.99. The van der Waals surface area contributed by atoms with E-state index in [0.29, 0.717) is 0 Å². The van der Waals surface area contributed by atoms with Crippen molar-refractivity contribution in [2.24, 2.45) is 0 Å². The Morgan fingerprint density at radius 2 is 1.94 bits per heavy atom. The summed E-state index contributed by atoms with van der Waals surface area (Å²) in [4.78, 5) is 4.10. The van der Waals surface area contributed by atoms with Crippen LogP contribution in [0.3, 0.4) is 0 Å². The van der Waals surface area contributed by atoms with Gasteiger partial charge in [-0.3, -0.25) is 4.98 Å². The van der Waals surface area contributed by atoms with Crippen LogP contribution in [0.4, 0.5) is 0 Å². The molecule has 0 aliphatic carbocycles. The van der Waals surface area contributed by atoms with Crippen molar-refractivity contribution in [2.75, 3.05) is 0 Å². The second-order valence-electron chi connectivity index (χ2n) is 3.69. The third-order valence-electron chi connectivity index (χ3n) is 2.33. The molecule has 3 nitrogen and oxygen atoms in total. The maximum atomic E-state index is 11.1. The number of halogens is 1. The van der Waals surface area contributed by atoms with Gasteiger partial charge in [0.15, 0.2) is 0 Å². The van der Waals surface area contributed by atoms with E-state index in [0.717, 1.165) is 16.8 Å². The van der Waals surface area contributed by atoms with Gasteiger partial charge < -0.3 is 0 Å². The van der Waals surface area contributed by atoms with Gasteiger partial charge in [-0.25, -0.2) is 8.42 Å². The molecule has 2 aromatic rings. The Labute approximate surface area is 105 Å². The fourth-order valence-electron chi connectivity index (χ4n) is 1.50. The molecule has 0 aliphatic heterocycles. The number of nitrogens with zero attached hydrogens (tertiary/aromatic N) is 1. The van der Waals surface area contributed by atoms with Crippen molar-refractivity contribution in [1.29, 1.82) is 0 Å². The van der Waals surface area contributed by atoms with Crippen molar-refractivity contribution in [2.45, 2.75) is 11.8 Å². The summed E-state index contributed by atoms with van der Waals surface area (Å²) >= 11 is 0.